The van der Waals surface area contributed by atoms with Crippen molar-refractivity contribution in [2.75, 3.05) is 0 Å². The maximum Gasteiger partial charge on any atom is 0.241 e. The van der Waals surface area contributed by atoms with Crippen molar-refractivity contribution in [3.8, 4) is 0 Å². The minimum absolute atomic E-state index is 0.403. The van der Waals surface area contributed by atoms with E-state index in [1.54, 1.807) is 13.1 Å². The van der Waals surface area contributed by atoms with Gasteiger partial charge in [-0.2, -0.15) is 0 Å². The molecule has 0 spiro atoms. The van der Waals surface area contributed by atoms with E-state index in [9.17, 15) is 17.2 Å². The van der Waals surface area contributed by atoms with Crippen LogP contribution in [-0.4, -0.2) is 18.4 Å². The topological polar surface area (TPSA) is 74.8 Å². The molecule has 0 amide bonds. The maximum atomic E-state index is 13.0. The number of aromatic nitrogens is 2. The van der Waals surface area contributed by atoms with Crippen LogP contribution in [0.5, 0.6) is 0 Å². The standard InChI is InChI=1S/C11H11F2N3O2S/c1-7(11-14-2-3-15-11)16-19(17,18)10-5-8(12)4-9(13)6-10/h2-7,16H,1H3,(H,14,15). The van der Waals surface area contributed by atoms with Crippen molar-refractivity contribution in [2.45, 2.75) is 17.9 Å². The number of hydrogen-bond acceptors (Lipinski definition) is 3. The molecule has 1 aromatic carbocycles. The molecule has 0 saturated heterocycles. The molecule has 0 fully saturated rings. The Hall–Kier alpha value is -1.80. The van der Waals surface area contributed by atoms with Crippen LogP contribution in [0.15, 0.2) is 35.5 Å². The van der Waals surface area contributed by atoms with Crippen LogP contribution in [0.2, 0.25) is 0 Å². The highest BCUT2D eigenvalue weighted by Gasteiger charge is 2.21. The summed E-state index contributed by atoms with van der Waals surface area (Å²) in [5, 5.41) is 0. The van der Waals surface area contributed by atoms with E-state index in [1.807, 2.05) is 0 Å². The summed E-state index contributed by atoms with van der Waals surface area (Å²) < 4.78 is 52.2. The Morgan fingerprint density at radius 3 is 2.42 bits per heavy atom. The molecule has 0 aliphatic carbocycles. The molecule has 19 heavy (non-hydrogen) atoms. The van der Waals surface area contributed by atoms with Crippen LogP contribution >= 0.6 is 0 Å². The van der Waals surface area contributed by atoms with Gasteiger partial charge in [0.15, 0.2) is 0 Å². The molecule has 0 radical (unpaired) electrons. The highest BCUT2D eigenvalue weighted by Crippen LogP contribution is 2.16. The SMILES string of the molecule is CC(NS(=O)(=O)c1cc(F)cc(F)c1)c1ncc[nH]1. The normalized spacial score (nSPS) is 13.4. The van der Waals surface area contributed by atoms with Crippen LogP contribution in [0.1, 0.15) is 18.8 Å². The first-order chi connectivity index (χ1) is 8.88. The van der Waals surface area contributed by atoms with Gasteiger partial charge in [0, 0.05) is 18.5 Å². The van der Waals surface area contributed by atoms with Crippen LogP contribution in [0.3, 0.4) is 0 Å². The molecule has 1 heterocycles. The number of hydrogen-bond donors (Lipinski definition) is 2. The van der Waals surface area contributed by atoms with Gasteiger partial charge in [-0.1, -0.05) is 0 Å². The van der Waals surface area contributed by atoms with E-state index < -0.39 is 32.6 Å². The third kappa shape index (κ3) is 3.15. The first-order valence-electron chi connectivity index (χ1n) is 5.36. The summed E-state index contributed by atoms with van der Waals surface area (Å²) in [6.07, 6.45) is 3.02. The van der Waals surface area contributed by atoms with Gasteiger partial charge in [0.1, 0.15) is 17.5 Å². The molecular weight excluding hydrogens is 276 g/mol. The van der Waals surface area contributed by atoms with Gasteiger partial charge in [0.2, 0.25) is 10.0 Å². The lowest BCUT2D eigenvalue weighted by Gasteiger charge is -2.12. The van der Waals surface area contributed by atoms with Gasteiger partial charge < -0.3 is 4.98 Å². The van der Waals surface area contributed by atoms with Crippen molar-refractivity contribution in [3.05, 3.63) is 48.1 Å². The second-order valence-corrected chi connectivity index (χ2v) is 5.64. The fourth-order valence-corrected chi connectivity index (χ4v) is 2.80. The summed E-state index contributed by atoms with van der Waals surface area (Å²) in [5.74, 6) is -1.50. The average molecular weight is 287 g/mol. The van der Waals surface area contributed by atoms with Gasteiger partial charge in [0.05, 0.1) is 10.9 Å². The fraction of sp³-hybridized carbons (Fsp3) is 0.182. The van der Waals surface area contributed by atoms with E-state index in [1.165, 1.54) is 6.20 Å². The van der Waals surface area contributed by atoms with Gasteiger partial charge in [-0.3, -0.25) is 0 Å². The van der Waals surface area contributed by atoms with Crippen molar-refractivity contribution in [1.82, 2.24) is 14.7 Å². The number of aromatic amines is 1. The summed E-state index contributed by atoms with van der Waals surface area (Å²) in [6, 6.07) is 1.46. The Morgan fingerprint density at radius 1 is 1.26 bits per heavy atom. The molecule has 1 atom stereocenters. The lowest BCUT2D eigenvalue weighted by atomic mass is 10.3. The first-order valence-corrected chi connectivity index (χ1v) is 6.84. The monoisotopic (exact) mass is 287 g/mol. The lowest BCUT2D eigenvalue weighted by Crippen LogP contribution is -2.27. The third-order valence-electron chi connectivity index (χ3n) is 2.41. The molecule has 2 rings (SSSR count). The second-order valence-electron chi connectivity index (χ2n) is 3.92. The third-order valence-corrected chi connectivity index (χ3v) is 3.93. The van der Waals surface area contributed by atoms with Crippen molar-refractivity contribution >= 4 is 10.0 Å². The van der Waals surface area contributed by atoms with Crippen LogP contribution in [0.4, 0.5) is 8.78 Å². The minimum Gasteiger partial charge on any atom is -0.347 e. The Bertz CT molecular complexity index is 651. The summed E-state index contributed by atoms with van der Waals surface area (Å²) in [5.41, 5.74) is 0. The Labute approximate surface area is 108 Å². The number of benzene rings is 1. The number of sulfonamides is 1. The van der Waals surface area contributed by atoms with E-state index in [0.29, 0.717) is 11.9 Å². The van der Waals surface area contributed by atoms with Gasteiger partial charge in [-0.25, -0.2) is 26.9 Å². The number of rotatable bonds is 4. The van der Waals surface area contributed by atoms with Gasteiger partial charge in [-0.15, -0.1) is 0 Å². The highest BCUT2D eigenvalue weighted by atomic mass is 32.2. The molecule has 0 aliphatic rings. The predicted molar refractivity (Wildman–Crippen MR) is 63.7 cm³/mol. The lowest BCUT2D eigenvalue weighted by molar-refractivity contribution is 0.550. The number of imidazole rings is 1. The quantitative estimate of drug-likeness (QED) is 0.899. The molecule has 2 aromatic rings. The largest absolute Gasteiger partial charge is 0.347 e. The predicted octanol–water partition coefficient (Wildman–Crippen LogP) is 1.73. The number of nitrogens with one attached hydrogen (secondary N) is 2. The zero-order chi connectivity index (χ0) is 14.0. The van der Waals surface area contributed by atoms with E-state index >= 15 is 0 Å². The Morgan fingerprint density at radius 2 is 1.89 bits per heavy atom. The summed E-state index contributed by atoms with van der Waals surface area (Å²) in [4.78, 5) is 6.18. The van der Waals surface area contributed by atoms with Gasteiger partial charge >= 0.3 is 0 Å². The molecule has 2 N–H and O–H groups in total. The van der Waals surface area contributed by atoms with Crippen molar-refractivity contribution in [3.63, 3.8) is 0 Å². The zero-order valence-electron chi connectivity index (χ0n) is 9.89. The molecule has 102 valence electrons. The molecule has 0 aliphatic heterocycles. The van der Waals surface area contributed by atoms with E-state index in [0.717, 1.165) is 12.1 Å². The molecule has 1 unspecified atom stereocenters. The van der Waals surface area contributed by atoms with E-state index in [4.69, 9.17) is 0 Å². The molecule has 5 nitrogen and oxygen atoms in total. The van der Waals surface area contributed by atoms with Crippen LogP contribution in [0.25, 0.3) is 0 Å². The van der Waals surface area contributed by atoms with Crippen molar-refractivity contribution in [1.29, 1.82) is 0 Å². The van der Waals surface area contributed by atoms with E-state index in [-0.39, 0.29) is 0 Å². The fourth-order valence-electron chi connectivity index (χ4n) is 1.55. The average Bonchev–Trinajstić information content (AvgIpc) is 2.80. The highest BCUT2D eigenvalue weighted by molar-refractivity contribution is 7.89. The van der Waals surface area contributed by atoms with E-state index in [2.05, 4.69) is 14.7 Å². The van der Waals surface area contributed by atoms with Crippen LogP contribution in [-0.2, 0) is 10.0 Å². The molecule has 0 saturated carbocycles. The first kappa shape index (κ1) is 13.6. The summed E-state index contributed by atoms with van der Waals surface area (Å²) in [7, 11) is -4.02. The molecule has 1 aromatic heterocycles. The second kappa shape index (κ2) is 5.06. The van der Waals surface area contributed by atoms with Crippen LogP contribution in [0, 0.1) is 11.6 Å². The number of H-pyrrole nitrogens is 1. The zero-order valence-corrected chi connectivity index (χ0v) is 10.7. The molecule has 0 bridgehead atoms. The maximum absolute atomic E-state index is 13.0. The van der Waals surface area contributed by atoms with Crippen molar-refractivity contribution < 1.29 is 17.2 Å². The van der Waals surface area contributed by atoms with Crippen molar-refractivity contribution in [2.24, 2.45) is 0 Å². The molecular formula is C11H11F2N3O2S. The van der Waals surface area contributed by atoms with Gasteiger partial charge in [0.25, 0.3) is 0 Å². The summed E-state index contributed by atoms with van der Waals surface area (Å²) in [6.45, 7) is 1.56. The molecule has 8 heteroatoms. The Kier molecular flexibility index (Phi) is 3.63. The summed E-state index contributed by atoms with van der Waals surface area (Å²) >= 11 is 0. The number of halogens is 2. The van der Waals surface area contributed by atoms with Gasteiger partial charge in [-0.05, 0) is 19.1 Å². The number of nitrogens with zero attached hydrogens (tertiary/aromatic N) is 1. The smallest absolute Gasteiger partial charge is 0.241 e. The Balaban J connectivity index is 2.27. The minimum atomic E-state index is -4.02. The van der Waals surface area contributed by atoms with Crippen LogP contribution < -0.4 is 4.72 Å².